The van der Waals surface area contributed by atoms with Gasteiger partial charge in [-0.25, -0.2) is 9.18 Å². The number of amides is 1. The van der Waals surface area contributed by atoms with Crippen LogP contribution in [0.5, 0.6) is 0 Å². The van der Waals surface area contributed by atoms with Crippen LogP contribution in [0.1, 0.15) is 22.5 Å². The molecule has 2 heterocycles. The van der Waals surface area contributed by atoms with Gasteiger partial charge in [0.15, 0.2) is 6.61 Å². The van der Waals surface area contributed by atoms with E-state index in [0.29, 0.717) is 30.8 Å². The number of hydrogen-bond acceptors (Lipinski definition) is 6. The molecule has 1 aromatic carbocycles. The zero-order chi connectivity index (χ0) is 20.1. The van der Waals surface area contributed by atoms with E-state index >= 15 is 0 Å². The van der Waals surface area contributed by atoms with Gasteiger partial charge >= 0.3 is 11.9 Å². The highest BCUT2D eigenvalue weighted by molar-refractivity contribution is 7.17. The minimum Gasteiger partial charge on any atom is -0.469 e. The maximum absolute atomic E-state index is 13.0. The Labute approximate surface area is 165 Å². The molecule has 0 radical (unpaired) electrons. The summed E-state index contributed by atoms with van der Waals surface area (Å²) in [5.74, 6) is -1.63. The summed E-state index contributed by atoms with van der Waals surface area (Å²) >= 11 is 1.22. The number of carbonyl (C=O) groups is 3. The van der Waals surface area contributed by atoms with Gasteiger partial charge in [0.25, 0.3) is 5.91 Å². The van der Waals surface area contributed by atoms with Crippen molar-refractivity contribution in [3.63, 3.8) is 0 Å². The molecule has 0 unspecified atom stereocenters. The van der Waals surface area contributed by atoms with Gasteiger partial charge < -0.3 is 14.4 Å². The van der Waals surface area contributed by atoms with Crippen LogP contribution in [0.4, 0.5) is 4.39 Å². The second-order valence-electron chi connectivity index (χ2n) is 6.43. The molecule has 3 rings (SSSR count). The molecule has 0 atom stereocenters. The highest BCUT2D eigenvalue weighted by Gasteiger charge is 2.28. The van der Waals surface area contributed by atoms with Gasteiger partial charge in [-0.1, -0.05) is 12.1 Å². The largest absolute Gasteiger partial charge is 0.469 e. The van der Waals surface area contributed by atoms with E-state index in [1.165, 1.54) is 30.6 Å². The van der Waals surface area contributed by atoms with Gasteiger partial charge in [0.2, 0.25) is 0 Å². The van der Waals surface area contributed by atoms with Crippen LogP contribution in [0.25, 0.3) is 10.4 Å². The van der Waals surface area contributed by atoms with Crippen LogP contribution in [-0.4, -0.2) is 49.6 Å². The molecule has 148 valence electrons. The van der Waals surface area contributed by atoms with Crippen LogP contribution >= 0.6 is 11.3 Å². The number of nitrogens with zero attached hydrogens (tertiary/aromatic N) is 1. The number of piperidine rings is 1. The number of thiophene rings is 1. The van der Waals surface area contributed by atoms with E-state index < -0.39 is 5.97 Å². The number of likely N-dealkylation sites (tertiary alicyclic amines) is 1. The van der Waals surface area contributed by atoms with E-state index in [1.807, 2.05) is 0 Å². The molecule has 6 nitrogen and oxygen atoms in total. The number of benzene rings is 1. The lowest BCUT2D eigenvalue weighted by molar-refractivity contribution is -0.149. The van der Waals surface area contributed by atoms with Gasteiger partial charge in [-0.15, -0.1) is 11.3 Å². The normalized spacial score (nSPS) is 14.6. The Kier molecular flexibility index (Phi) is 6.41. The lowest BCUT2D eigenvalue weighted by Gasteiger charge is -2.30. The molecule has 28 heavy (non-hydrogen) atoms. The van der Waals surface area contributed by atoms with Gasteiger partial charge in [-0.3, -0.25) is 9.59 Å². The van der Waals surface area contributed by atoms with Crippen molar-refractivity contribution in [1.82, 2.24) is 4.90 Å². The number of ether oxygens (including phenoxy) is 2. The summed E-state index contributed by atoms with van der Waals surface area (Å²) in [5, 5.41) is 0. The molecule has 0 N–H and O–H groups in total. The van der Waals surface area contributed by atoms with Gasteiger partial charge in [-0.2, -0.15) is 0 Å². The van der Waals surface area contributed by atoms with Crippen LogP contribution in [0.2, 0.25) is 0 Å². The SMILES string of the molecule is COC(=O)C1CCN(C(=O)COC(=O)c2ccc(-c3ccc(F)cc3)s2)CC1. The molecule has 8 heteroatoms. The van der Waals surface area contributed by atoms with Crippen LogP contribution in [0.3, 0.4) is 0 Å². The molecule has 1 aromatic heterocycles. The zero-order valence-electron chi connectivity index (χ0n) is 15.4. The van der Waals surface area contributed by atoms with E-state index in [9.17, 15) is 18.8 Å². The number of methoxy groups -OCH3 is 1. The molecular weight excluding hydrogens is 385 g/mol. The van der Waals surface area contributed by atoms with E-state index in [2.05, 4.69) is 0 Å². The molecule has 1 amide bonds. The summed E-state index contributed by atoms with van der Waals surface area (Å²) in [6.45, 7) is 0.527. The van der Waals surface area contributed by atoms with Gasteiger partial charge in [0, 0.05) is 18.0 Å². The van der Waals surface area contributed by atoms with Crippen molar-refractivity contribution in [2.75, 3.05) is 26.8 Å². The molecule has 1 aliphatic heterocycles. The molecule has 2 aromatic rings. The monoisotopic (exact) mass is 405 g/mol. The fourth-order valence-corrected chi connectivity index (χ4v) is 3.94. The van der Waals surface area contributed by atoms with Crippen LogP contribution < -0.4 is 0 Å². The van der Waals surface area contributed by atoms with E-state index in [-0.39, 0.29) is 30.2 Å². The Hall–Kier alpha value is -2.74. The number of esters is 2. The maximum atomic E-state index is 13.0. The zero-order valence-corrected chi connectivity index (χ0v) is 16.2. The summed E-state index contributed by atoms with van der Waals surface area (Å²) in [7, 11) is 1.35. The third kappa shape index (κ3) is 4.75. The van der Waals surface area contributed by atoms with Crippen molar-refractivity contribution >= 4 is 29.2 Å². The van der Waals surface area contributed by atoms with Crippen LogP contribution in [-0.2, 0) is 19.1 Å². The molecule has 0 aliphatic carbocycles. The average Bonchev–Trinajstić information content (AvgIpc) is 3.22. The van der Waals surface area contributed by atoms with Crippen LogP contribution in [0, 0.1) is 11.7 Å². The fraction of sp³-hybridized carbons (Fsp3) is 0.350. The molecule has 1 aliphatic rings. The van der Waals surface area contributed by atoms with E-state index in [4.69, 9.17) is 9.47 Å². The van der Waals surface area contributed by atoms with Crippen molar-refractivity contribution in [3.8, 4) is 10.4 Å². The molecule has 0 spiro atoms. The standard InChI is InChI=1S/C20H20FNO5S/c1-26-19(24)14-8-10-22(11-9-14)18(23)12-27-20(25)17-7-6-16(28-17)13-2-4-15(21)5-3-13/h2-7,14H,8-12H2,1H3. The molecular formula is C20H20FNO5S. The minimum absolute atomic E-state index is 0.187. The van der Waals surface area contributed by atoms with Crippen molar-refractivity contribution in [2.24, 2.45) is 5.92 Å². The van der Waals surface area contributed by atoms with Crippen molar-refractivity contribution < 1.29 is 28.2 Å². The first-order chi connectivity index (χ1) is 13.5. The maximum Gasteiger partial charge on any atom is 0.348 e. The summed E-state index contributed by atoms with van der Waals surface area (Å²) < 4.78 is 22.9. The number of carbonyl (C=O) groups excluding carboxylic acids is 3. The smallest absolute Gasteiger partial charge is 0.348 e. The summed E-state index contributed by atoms with van der Waals surface area (Å²) in [4.78, 5) is 38.7. The Balaban J connectivity index is 1.50. The van der Waals surface area contributed by atoms with Crippen molar-refractivity contribution in [1.29, 1.82) is 0 Å². The first-order valence-electron chi connectivity index (χ1n) is 8.86. The third-order valence-corrected chi connectivity index (χ3v) is 5.76. The van der Waals surface area contributed by atoms with E-state index in [1.54, 1.807) is 29.2 Å². The predicted octanol–water partition coefficient (Wildman–Crippen LogP) is 3.12. The quantitative estimate of drug-likeness (QED) is 0.715. The number of rotatable bonds is 5. The third-order valence-electron chi connectivity index (χ3n) is 4.64. The van der Waals surface area contributed by atoms with Gasteiger partial charge in [-0.05, 0) is 42.7 Å². The highest BCUT2D eigenvalue weighted by atomic mass is 32.1. The molecule has 1 saturated heterocycles. The second kappa shape index (κ2) is 8.97. The number of hydrogen-bond donors (Lipinski definition) is 0. The minimum atomic E-state index is -0.573. The highest BCUT2D eigenvalue weighted by Crippen LogP contribution is 2.28. The Morgan fingerprint density at radius 3 is 2.43 bits per heavy atom. The van der Waals surface area contributed by atoms with Gasteiger partial charge in [0.1, 0.15) is 10.7 Å². The lowest BCUT2D eigenvalue weighted by Crippen LogP contribution is -2.42. The molecule has 0 saturated carbocycles. The first kappa shape index (κ1) is 20.0. The fourth-order valence-electron chi connectivity index (χ4n) is 3.04. The second-order valence-corrected chi connectivity index (χ2v) is 7.51. The summed E-state index contributed by atoms with van der Waals surface area (Å²) in [6, 6.07) is 9.37. The van der Waals surface area contributed by atoms with Crippen molar-refractivity contribution in [3.05, 3.63) is 47.1 Å². The summed E-state index contributed by atoms with van der Waals surface area (Å²) in [6.07, 6.45) is 1.08. The number of halogens is 1. The molecule has 1 fully saturated rings. The van der Waals surface area contributed by atoms with Crippen molar-refractivity contribution in [2.45, 2.75) is 12.8 Å². The molecule has 0 bridgehead atoms. The Bertz CT molecular complexity index is 856. The van der Waals surface area contributed by atoms with Crippen LogP contribution in [0.15, 0.2) is 36.4 Å². The average molecular weight is 405 g/mol. The predicted molar refractivity (Wildman–Crippen MR) is 101 cm³/mol. The first-order valence-corrected chi connectivity index (χ1v) is 9.68. The Morgan fingerprint density at radius 2 is 1.79 bits per heavy atom. The van der Waals surface area contributed by atoms with Gasteiger partial charge in [0.05, 0.1) is 13.0 Å². The summed E-state index contributed by atoms with van der Waals surface area (Å²) in [5.41, 5.74) is 0.801. The lowest BCUT2D eigenvalue weighted by atomic mass is 9.97. The topological polar surface area (TPSA) is 72.9 Å². The van der Waals surface area contributed by atoms with E-state index in [0.717, 1.165) is 10.4 Å². The Morgan fingerprint density at radius 1 is 1.11 bits per heavy atom.